The van der Waals surface area contributed by atoms with Gasteiger partial charge >= 0.3 is 0 Å². The van der Waals surface area contributed by atoms with E-state index in [1.165, 1.54) is 5.56 Å². The van der Waals surface area contributed by atoms with E-state index in [0.717, 1.165) is 29.3 Å². The number of rotatable bonds is 5. The number of nitrogens with zero attached hydrogens (tertiary/aromatic N) is 1. The van der Waals surface area contributed by atoms with Crippen molar-refractivity contribution >= 4 is 0 Å². The Balaban J connectivity index is 2.36. The lowest BCUT2D eigenvalue weighted by molar-refractivity contribution is 0.416. The second kappa shape index (κ2) is 6.09. The van der Waals surface area contributed by atoms with E-state index in [0.29, 0.717) is 5.92 Å². The number of aryl methyl sites for hydroxylation is 1. The molecule has 0 radical (unpaired) electrons. The van der Waals surface area contributed by atoms with Crippen molar-refractivity contribution in [3.05, 3.63) is 35.8 Å². The Morgan fingerprint density at radius 1 is 1.40 bits per heavy atom. The number of nitrogens with one attached hydrogen (secondary N) is 1. The second-order valence-electron chi connectivity index (χ2n) is 5.30. The Bertz CT molecular complexity index is 577. The molecule has 1 aromatic carbocycles. The first kappa shape index (κ1) is 14.6. The van der Waals surface area contributed by atoms with Gasteiger partial charge in [0.2, 0.25) is 0 Å². The maximum atomic E-state index is 6.22. The van der Waals surface area contributed by atoms with Gasteiger partial charge in [-0.05, 0) is 25.0 Å². The monoisotopic (exact) mass is 273 g/mol. The summed E-state index contributed by atoms with van der Waals surface area (Å²) in [6.07, 6.45) is 2.86. The number of aromatic amines is 1. The standard InChI is InChI=1S/C16H23N3O/c1-5-11(3)15(17)16-18-9-13(19-16)12-8-10(2)6-7-14(12)20-4/h6-9,11,15H,5,17H2,1-4H3,(H,18,19). The van der Waals surface area contributed by atoms with Crippen molar-refractivity contribution in [1.82, 2.24) is 9.97 Å². The van der Waals surface area contributed by atoms with Gasteiger partial charge in [0.1, 0.15) is 11.6 Å². The minimum atomic E-state index is -0.0652. The molecule has 2 atom stereocenters. The average Bonchev–Trinajstić information content (AvgIpc) is 2.95. The summed E-state index contributed by atoms with van der Waals surface area (Å²) in [5, 5.41) is 0. The number of ether oxygens (including phenoxy) is 1. The molecular weight excluding hydrogens is 250 g/mol. The first-order chi connectivity index (χ1) is 9.56. The van der Waals surface area contributed by atoms with Crippen LogP contribution in [0, 0.1) is 12.8 Å². The molecule has 0 fully saturated rings. The predicted molar refractivity (Wildman–Crippen MR) is 81.7 cm³/mol. The molecule has 4 heteroatoms. The first-order valence-electron chi connectivity index (χ1n) is 7.02. The molecule has 0 aliphatic carbocycles. The average molecular weight is 273 g/mol. The fourth-order valence-electron chi connectivity index (χ4n) is 2.20. The summed E-state index contributed by atoms with van der Waals surface area (Å²) < 4.78 is 5.41. The number of hydrogen-bond acceptors (Lipinski definition) is 3. The molecule has 1 heterocycles. The third kappa shape index (κ3) is 2.85. The molecule has 3 N–H and O–H groups in total. The number of aromatic nitrogens is 2. The third-order valence-electron chi connectivity index (χ3n) is 3.81. The van der Waals surface area contributed by atoms with Gasteiger partial charge in [0.05, 0.1) is 25.0 Å². The molecule has 20 heavy (non-hydrogen) atoms. The van der Waals surface area contributed by atoms with Crippen LogP contribution in [0.3, 0.4) is 0 Å². The highest BCUT2D eigenvalue weighted by molar-refractivity contribution is 5.67. The van der Waals surface area contributed by atoms with Crippen molar-refractivity contribution < 1.29 is 4.74 Å². The summed E-state index contributed by atoms with van der Waals surface area (Å²) in [5.41, 5.74) is 9.36. The van der Waals surface area contributed by atoms with Gasteiger partial charge in [-0.1, -0.05) is 31.9 Å². The second-order valence-corrected chi connectivity index (χ2v) is 5.30. The molecule has 0 saturated carbocycles. The van der Waals surface area contributed by atoms with Crippen molar-refractivity contribution in [1.29, 1.82) is 0 Å². The van der Waals surface area contributed by atoms with E-state index in [9.17, 15) is 0 Å². The van der Waals surface area contributed by atoms with E-state index < -0.39 is 0 Å². The van der Waals surface area contributed by atoms with E-state index >= 15 is 0 Å². The van der Waals surface area contributed by atoms with Crippen molar-refractivity contribution in [3.63, 3.8) is 0 Å². The normalized spacial score (nSPS) is 14.1. The molecule has 2 rings (SSSR count). The van der Waals surface area contributed by atoms with Crippen LogP contribution in [0.4, 0.5) is 0 Å². The molecule has 0 aliphatic heterocycles. The Labute approximate surface area is 120 Å². The molecule has 0 aliphatic rings. The lowest BCUT2D eigenvalue weighted by Gasteiger charge is -2.15. The molecule has 2 aromatic rings. The van der Waals surface area contributed by atoms with Crippen LogP contribution in [0.15, 0.2) is 24.4 Å². The van der Waals surface area contributed by atoms with Crippen molar-refractivity contribution in [2.45, 2.75) is 33.2 Å². The predicted octanol–water partition coefficient (Wildman–Crippen LogP) is 3.44. The van der Waals surface area contributed by atoms with Crippen molar-refractivity contribution in [2.75, 3.05) is 7.11 Å². The number of hydrogen-bond donors (Lipinski definition) is 2. The van der Waals surface area contributed by atoms with Crippen LogP contribution in [0.2, 0.25) is 0 Å². The summed E-state index contributed by atoms with van der Waals surface area (Å²) in [5.74, 6) is 2.06. The molecule has 0 spiro atoms. The van der Waals surface area contributed by atoms with Crippen LogP contribution in [0.1, 0.15) is 37.7 Å². The quantitative estimate of drug-likeness (QED) is 0.877. The van der Waals surface area contributed by atoms with Crippen LogP contribution in [-0.2, 0) is 0 Å². The highest BCUT2D eigenvalue weighted by Gasteiger charge is 2.17. The molecule has 108 valence electrons. The van der Waals surface area contributed by atoms with Gasteiger partial charge in [-0.2, -0.15) is 0 Å². The number of methoxy groups -OCH3 is 1. The zero-order chi connectivity index (χ0) is 14.7. The number of nitrogens with two attached hydrogens (primary N) is 1. The maximum absolute atomic E-state index is 6.22. The van der Waals surface area contributed by atoms with Gasteiger partial charge in [0.15, 0.2) is 0 Å². The summed E-state index contributed by atoms with van der Waals surface area (Å²) in [6, 6.07) is 6.03. The van der Waals surface area contributed by atoms with Gasteiger partial charge in [-0.25, -0.2) is 4.98 Å². The smallest absolute Gasteiger partial charge is 0.128 e. The fourth-order valence-corrected chi connectivity index (χ4v) is 2.20. The zero-order valence-corrected chi connectivity index (χ0v) is 12.6. The van der Waals surface area contributed by atoms with Crippen LogP contribution in [-0.4, -0.2) is 17.1 Å². The molecular formula is C16H23N3O. The maximum Gasteiger partial charge on any atom is 0.128 e. The van der Waals surface area contributed by atoms with Gasteiger partial charge in [0, 0.05) is 5.56 Å². The van der Waals surface area contributed by atoms with E-state index in [-0.39, 0.29) is 6.04 Å². The summed E-state index contributed by atoms with van der Waals surface area (Å²) in [6.45, 7) is 6.34. The summed E-state index contributed by atoms with van der Waals surface area (Å²) in [7, 11) is 1.68. The summed E-state index contributed by atoms with van der Waals surface area (Å²) in [4.78, 5) is 7.76. The zero-order valence-electron chi connectivity index (χ0n) is 12.6. The van der Waals surface area contributed by atoms with E-state index in [2.05, 4.69) is 36.8 Å². The number of H-pyrrole nitrogens is 1. The lowest BCUT2D eigenvalue weighted by Crippen LogP contribution is -2.19. The van der Waals surface area contributed by atoms with Gasteiger partial charge in [-0.3, -0.25) is 0 Å². The van der Waals surface area contributed by atoms with Gasteiger partial charge in [0.25, 0.3) is 0 Å². The minimum absolute atomic E-state index is 0.0652. The Morgan fingerprint density at radius 2 is 2.15 bits per heavy atom. The number of benzene rings is 1. The Hall–Kier alpha value is -1.81. The fraction of sp³-hybridized carbons (Fsp3) is 0.438. The summed E-state index contributed by atoms with van der Waals surface area (Å²) >= 11 is 0. The lowest BCUT2D eigenvalue weighted by atomic mass is 10.00. The molecule has 1 aromatic heterocycles. The van der Waals surface area contributed by atoms with E-state index in [4.69, 9.17) is 10.5 Å². The van der Waals surface area contributed by atoms with Crippen LogP contribution in [0.25, 0.3) is 11.3 Å². The molecule has 0 bridgehead atoms. The largest absolute Gasteiger partial charge is 0.496 e. The number of imidazole rings is 1. The van der Waals surface area contributed by atoms with E-state index in [1.54, 1.807) is 7.11 Å². The van der Waals surface area contributed by atoms with Gasteiger partial charge < -0.3 is 15.5 Å². The van der Waals surface area contributed by atoms with Crippen molar-refractivity contribution in [2.24, 2.45) is 11.7 Å². The highest BCUT2D eigenvalue weighted by atomic mass is 16.5. The molecule has 2 unspecified atom stereocenters. The SMILES string of the molecule is CCC(C)C(N)c1ncc(-c2cc(C)ccc2OC)[nH]1. The first-order valence-corrected chi connectivity index (χ1v) is 7.02. The van der Waals surface area contributed by atoms with Crippen LogP contribution >= 0.6 is 0 Å². The van der Waals surface area contributed by atoms with Crippen molar-refractivity contribution in [3.8, 4) is 17.0 Å². The molecule has 4 nitrogen and oxygen atoms in total. The molecule has 0 amide bonds. The Kier molecular flexibility index (Phi) is 4.45. The highest BCUT2D eigenvalue weighted by Crippen LogP contribution is 2.30. The van der Waals surface area contributed by atoms with E-state index in [1.807, 2.05) is 18.3 Å². The minimum Gasteiger partial charge on any atom is -0.496 e. The van der Waals surface area contributed by atoms with Crippen LogP contribution < -0.4 is 10.5 Å². The molecule has 0 saturated heterocycles. The Morgan fingerprint density at radius 3 is 2.80 bits per heavy atom. The van der Waals surface area contributed by atoms with Crippen LogP contribution in [0.5, 0.6) is 5.75 Å². The van der Waals surface area contributed by atoms with Gasteiger partial charge in [-0.15, -0.1) is 0 Å². The topological polar surface area (TPSA) is 63.9 Å². The third-order valence-corrected chi connectivity index (χ3v) is 3.81.